The van der Waals surface area contributed by atoms with Crippen LogP contribution in [0.1, 0.15) is 5.56 Å². The van der Waals surface area contributed by atoms with E-state index in [1.54, 1.807) is 18.2 Å². The van der Waals surface area contributed by atoms with E-state index >= 15 is 0 Å². The van der Waals surface area contributed by atoms with Gasteiger partial charge in [0.15, 0.2) is 11.5 Å². The maximum atomic E-state index is 12.2. The van der Waals surface area contributed by atoms with Crippen LogP contribution in [0.25, 0.3) is 0 Å². The van der Waals surface area contributed by atoms with Crippen LogP contribution < -0.4 is 9.47 Å². The van der Waals surface area contributed by atoms with Crippen molar-refractivity contribution < 1.29 is 22.6 Å². The van der Waals surface area contributed by atoms with Crippen molar-refractivity contribution in [2.45, 2.75) is 12.7 Å². The largest absolute Gasteiger partial charge is 0.486 e. The number of hydrogen-bond acceptors (Lipinski definition) is 3. The Labute approximate surface area is 103 Å². The van der Waals surface area contributed by atoms with Crippen molar-refractivity contribution in [3.05, 3.63) is 23.8 Å². The Morgan fingerprint density at radius 1 is 1.17 bits per heavy atom. The van der Waals surface area contributed by atoms with Crippen LogP contribution in [0.15, 0.2) is 18.2 Å². The lowest BCUT2D eigenvalue weighted by molar-refractivity contribution is -0.144. The van der Waals surface area contributed by atoms with Crippen molar-refractivity contribution in [1.82, 2.24) is 4.90 Å². The Bertz CT molecular complexity index is 420. The van der Waals surface area contributed by atoms with Crippen molar-refractivity contribution in [3.8, 4) is 11.5 Å². The molecule has 0 aliphatic carbocycles. The molecule has 0 amide bonds. The van der Waals surface area contributed by atoms with Gasteiger partial charge in [-0.3, -0.25) is 4.90 Å². The van der Waals surface area contributed by atoms with E-state index in [1.165, 1.54) is 11.9 Å². The van der Waals surface area contributed by atoms with Gasteiger partial charge in [-0.05, 0) is 24.7 Å². The molecule has 0 aromatic heterocycles. The van der Waals surface area contributed by atoms with Gasteiger partial charge in [-0.25, -0.2) is 0 Å². The molecule has 0 atom stereocenters. The highest BCUT2D eigenvalue weighted by atomic mass is 19.4. The molecule has 1 aliphatic rings. The van der Waals surface area contributed by atoms with Crippen LogP contribution in [0, 0.1) is 0 Å². The minimum absolute atomic E-state index is 0.218. The van der Waals surface area contributed by atoms with E-state index in [2.05, 4.69) is 0 Å². The molecule has 1 aliphatic heterocycles. The van der Waals surface area contributed by atoms with E-state index in [1.807, 2.05) is 0 Å². The van der Waals surface area contributed by atoms with Gasteiger partial charge in [-0.15, -0.1) is 0 Å². The lowest BCUT2D eigenvalue weighted by atomic mass is 10.2. The van der Waals surface area contributed by atoms with Crippen LogP contribution >= 0.6 is 0 Å². The second-order valence-corrected chi connectivity index (χ2v) is 4.27. The standard InChI is InChI=1S/C12H14F3NO2/c1-16(8-12(13,14)15)7-9-2-3-10-11(6-9)18-5-4-17-10/h2-3,6H,4-5,7-8H2,1H3. The second-order valence-electron chi connectivity index (χ2n) is 4.27. The molecule has 18 heavy (non-hydrogen) atoms. The topological polar surface area (TPSA) is 21.7 Å². The number of halogens is 3. The van der Waals surface area contributed by atoms with E-state index in [0.717, 1.165) is 5.56 Å². The SMILES string of the molecule is CN(Cc1ccc2c(c1)OCCO2)CC(F)(F)F. The van der Waals surface area contributed by atoms with Crippen LogP contribution in [0.3, 0.4) is 0 Å². The van der Waals surface area contributed by atoms with E-state index in [4.69, 9.17) is 9.47 Å². The van der Waals surface area contributed by atoms with Gasteiger partial charge in [-0.2, -0.15) is 13.2 Å². The number of ether oxygens (including phenoxy) is 2. The number of fused-ring (bicyclic) bond motifs is 1. The molecule has 1 aromatic carbocycles. The van der Waals surface area contributed by atoms with Crippen LogP contribution in [0.4, 0.5) is 13.2 Å². The third-order valence-corrected chi connectivity index (χ3v) is 2.51. The Kier molecular flexibility index (Phi) is 3.65. The predicted molar refractivity (Wildman–Crippen MR) is 59.8 cm³/mol. The van der Waals surface area contributed by atoms with Crippen LogP contribution in [-0.2, 0) is 6.54 Å². The molecule has 0 saturated heterocycles. The third kappa shape index (κ3) is 3.53. The van der Waals surface area contributed by atoms with Crippen LogP contribution in [-0.4, -0.2) is 37.9 Å². The average Bonchev–Trinajstić information content (AvgIpc) is 2.26. The Hall–Kier alpha value is -1.43. The van der Waals surface area contributed by atoms with Crippen LogP contribution in [0.5, 0.6) is 11.5 Å². The maximum absolute atomic E-state index is 12.2. The molecular formula is C12H14F3NO2. The summed E-state index contributed by atoms with van der Waals surface area (Å²) in [5, 5.41) is 0. The number of nitrogens with zero attached hydrogens (tertiary/aromatic N) is 1. The first kappa shape index (κ1) is 13.0. The highest BCUT2D eigenvalue weighted by Gasteiger charge is 2.29. The summed E-state index contributed by atoms with van der Waals surface area (Å²) >= 11 is 0. The summed E-state index contributed by atoms with van der Waals surface area (Å²) in [6.07, 6.45) is -4.18. The van der Waals surface area contributed by atoms with E-state index in [-0.39, 0.29) is 6.54 Å². The molecule has 100 valence electrons. The van der Waals surface area contributed by atoms with Crippen molar-refractivity contribution in [3.63, 3.8) is 0 Å². The Morgan fingerprint density at radius 3 is 2.50 bits per heavy atom. The molecule has 0 N–H and O–H groups in total. The van der Waals surface area contributed by atoms with Crippen molar-refractivity contribution in [2.75, 3.05) is 26.8 Å². The summed E-state index contributed by atoms with van der Waals surface area (Å²) < 4.78 is 47.3. The smallest absolute Gasteiger partial charge is 0.401 e. The number of rotatable bonds is 3. The molecule has 0 radical (unpaired) electrons. The normalized spacial score (nSPS) is 14.9. The zero-order valence-electron chi connectivity index (χ0n) is 9.96. The molecule has 0 fully saturated rings. The molecule has 0 bridgehead atoms. The molecule has 6 heteroatoms. The van der Waals surface area contributed by atoms with Gasteiger partial charge in [0.1, 0.15) is 13.2 Å². The maximum Gasteiger partial charge on any atom is 0.401 e. The summed E-state index contributed by atoms with van der Waals surface area (Å²) in [7, 11) is 1.43. The summed E-state index contributed by atoms with van der Waals surface area (Å²) in [6, 6.07) is 5.20. The lowest BCUT2D eigenvalue weighted by Gasteiger charge is -2.21. The quantitative estimate of drug-likeness (QED) is 0.834. The second kappa shape index (κ2) is 5.06. The number of benzene rings is 1. The zero-order valence-corrected chi connectivity index (χ0v) is 9.96. The summed E-state index contributed by atoms with van der Waals surface area (Å²) in [5.41, 5.74) is 0.769. The predicted octanol–water partition coefficient (Wildman–Crippen LogP) is 2.45. The first-order valence-corrected chi connectivity index (χ1v) is 5.58. The molecule has 0 unspecified atom stereocenters. The molecule has 1 aromatic rings. The highest BCUT2D eigenvalue weighted by Crippen LogP contribution is 2.31. The van der Waals surface area contributed by atoms with Gasteiger partial charge in [0, 0.05) is 6.54 Å². The minimum Gasteiger partial charge on any atom is -0.486 e. The van der Waals surface area contributed by atoms with Gasteiger partial charge >= 0.3 is 6.18 Å². The monoisotopic (exact) mass is 261 g/mol. The number of hydrogen-bond donors (Lipinski definition) is 0. The first-order chi connectivity index (χ1) is 8.44. The fourth-order valence-corrected chi connectivity index (χ4v) is 1.86. The van der Waals surface area contributed by atoms with Crippen LogP contribution in [0.2, 0.25) is 0 Å². The van der Waals surface area contributed by atoms with Gasteiger partial charge in [0.05, 0.1) is 6.54 Å². The fourth-order valence-electron chi connectivity index (χ4n) is 1.86. The van der Waals surface area contributed by atoms with E-state index < -0.39 is 12.7 Å². The fraction of sp³-hybridized carbons (Fsp3) is 0.500. The lowest BCUT2D eigenvalue weighted by Crippen LogP contribution is -2.30. The molecule has 0 saturated carbocycles. The van der Waals surface area contributed by atoms with Crippen molar-refractivity contribution in [2.24, 2.45) is 0 Å². The minimum atomic E-state index is -4.18. The van der Waals surface area contributed by atoms with Gasteiger partial charge in [0.2, 0.25) is 0 Å². The van der Waals surface area contributed by atoms with Crippen molar-refractivity contribution in [1.29, 1.82) is 0 Å². The van der Waals surface area contributed by atoms with E-state index in [9.17, 15) is 13.2 Å². The molecule has 0 spiro atoms. The Morgan fingerprint density at radius 2 is 1.83 bits per heavy atom. The highest BCUT2D eigenvalue weighted by molar-refractivity contribution is 5.43. The molecule has 1 heterocycles. The van der Waals surface area contributed by atoms with Gasteiger partial charge < -0.3 is 9.47 Å². The van der Waals surface area contributed by atoms with E-state index in [0.29, 0.717) is 24.7 Å². The third-order valence-electron chi connectivity index (χ3n) is 2.51. The van der Waals surface area contributed by atoms with Crippen molar-refractivity contribution >= 4 is 0 Å². The average molecular weight is 261 g/mol. The number of alkyl halides is 3. The van der Waals surface area contributed by atoms with Gasteiger partial charge in [0.25, 0.3) is 0 Å². The summed E-state index contributed by atoms with van der Waals surface area (Å²) in [6.45, 7) is 0.257. The molecular weight excluding hydrogens is 247 g/mol. The molecule has 3 nitrogen and oxygen atoms in total. The first-order valence-electron chi connectivity index (χ1n) is 5.58. The van der Waals surface area contributed by atoms with Gasteiger partial charge in [-0.1, -0.05) is 6.07 Å². The zero-order chi connectivity index (χ0) is 13.2. The molecule has 2 rings (SSSR count). The summed E-state index contributed by atoms with van der Waals surface area (Å²) in [4.78, 5) is 1.21. The summed E-state index contributed by atoms with van der Waals surface area (Å²) in [5.74, 6) is 1.24. The Balaban J connectivity index is 2.01.